The summed E-state index contributed by atoms with van der Waals surface area (Å²) in [5, 5.41) is 5.66. The van der Waals surface area contributed by atoms with Crippen molar-refractivity contribution in [1.82, 2.24) is 5.32 Å². The van der Waals surface area contributed by atoms with E-state index >= 15 is 0 Å². The Hall–Kier alpha value is -4.00. The van der Waals surface area contributed by atoms with Crippen molar-refractivity contribution in [2.24, 2.45) is 0 Å². The summed E-state index contributed by atoms with van der Waals surface area (Å²) in [4.78, 5) is 27.5. The Kier molecular flexibility index (Phi) is 6.49. The zero-order valence-electron chi connectivity index (χ0n) is 18.9. The van der Waals surface area contributed by atoms with Crippen molar-refractivity contribution >= 4 is 23.3 Å². The van der Waals surface area contributed by atoms with Gasteiger partial charge >= 0.3 is 6.03 Å². The highest BCUT2D eigenvalue weighted by Gasteiger charge is 2.31. The molecule has 0 fully saturated rings. The number of hydrogen-bond donors (Lipinski definition) is 2. The second-order valence-electron chi connectivity index (χ2n) is 7.93. The minimum absolute atomic E-state index is 0.0173. The van der Waals surface area contributed by atoms with E-state index in [1.54, 1.807) is 25.3 Å². The van der Waals surface area contributed by atoms with Crippen LogP contribution in [0, 0.1) is 0 Å². The number of urea groups is 1. The van der Waals surface area contributed by atoms with Crippen molar-refractivity contribution < 1.29 is 19.1 Å². The predicted molar refractivity (Wildman–Crippen MR) is 128 cm³/mol. The zero-order valence-corrected chi connectivity index (χ0v) is 18.9. The standard InChI is InChI=1S/C26H27N3O4/c1-17-13-20-10-9-18(14-23(20)29(17)25(30)19-7-5-4-6-8-19)16-27-26(31)28-22-12-11-21(32-2)15-24(22)33-3/h4-12,14-15,17H,13,16H2,1-3H3,(H2,27,28,31). The van der Waals surface area contributed by atoms with Crippen molar-refractivity contribution in [2.75, 3.05) is 24.4 Å². The van der Waals surface area contributed by atoms with E-state index in [4.69, 9.17) is 9.47 Å². The van der Waals surface area contributed by atoms with Crippen LogP contribution in [0.5, 0.6) is 11.5 Å². The molecule has 1 aliphatic rings. The third kappa shape index (κ3) is 4.77. The Morgan fingerprint density at radius 3 is 2.52 bits per heavy atom. The van der Waals surface area contributed by atoms with Crippen LogP contribution in [0.3, 0.4) is 0 Å². The van der Waals surface area contributed by atoms with Crippen molar-refractivity contribution in [3.63, 3.8) is 0 Å². The molecule has 3 amide bonds. The van der Waals surface area contributed by atoms with E-state index < -0.39 is 0 Å². The fourth-order valence-electron chi connectivity index (χ4n) is 4.04. The van der Waals surface area contributed by atoms with Crippen LogP contribution in [-0.4, -0.2) is 32.2 Å². The van der Waals surface area contributed by atoms with Gasteiger partial charge in [0.25, 0.3) is 5.91 Å². The maximum atomic E-state index is 13.1. The number of carbonyl (C=O) groups is 2. The number of methoxy groups -OCH3 is 2. The molecule has 1 atom stereocenters. The predicted octanol–water partition coefficient (Wildman–Crippen LogP) is 4.62. The molecule has 1 heterocycles. The molecule has 33 heavy (non-hydrogen) atoms. The number of rotatable bonds is 6. The van der Waals surface area contributed by atoms with Gasteiger partial charge in [-0.25, -0.2) is 4.79 Å². The summed E-state index contributed by atoms with van der Waals surface area (Å²) in [5.41, 5.74) is 4.13. The molecular weight excluding hydrogens is 418 g/mol. The Labute approximate surface area is 193 Å². The molecule has 0 radical (unpaired) electrons. The van der Waals surface area contributed by atoms with Crippen LogP contribution in [-0.2, 0) is 13.0 Å². The highest BCUT2D eigenvalue weighted by atomic mass is 16.5. The maximum Gasteiger partial charge on any atom is 0.319 e. The summed E-state index contributed by atoms with van der Waals surface area (Å²) in [6.45, 7) is 2.37. The van der Waals surface area contributed by atoms with E-state index in [1.807, 2.05) is 53.4 Å². The second-order valence-corrected chi connectivity index (χ2v) is 7.93. The van der Waals surface area contributed by atoms with E-state index in [2.05, 4.69) is 17.6 Å². The molecule has 0 aliphatic carbocycles. The fraction of sp³-hybridized carbons (Fsp3) is 0.231. The third-order valence-corrected chi connectivity index (χ3v) is 5.71. The Bertz CT molecular complexity index is 1160. The third-order valence-electron chi connectivity index (χ3n) is 5.71. The number of fused-ring (bicyclic) bond motifs is 1. The fourth-order valence-corrected chi connectivity index (χ4v) is 4.04. The van der Waals surface area contributed by atoms with Gasteiger partial charge in [-0.05, 0) is 54.8 Å². The summed E-state index contributed by atoms with van der Waals surface area (Å²) < 4.78 is 10.5. The number of carbonyl (C=O) groups excluding carboxylic acids is 2. The van der Waals surface area contributed by atoms with Crippen molar-refractivity contribution in [3.8, 4) is 11.5 Å². The van der Waals surface area contributed by atoms with Gasteiger partial charge in [-0.1, -0.05) is 30.3 Å². The molecule has 0 bridgehead atoms. The maximum absolute atomic E-state index is 13.1. The van der Waals surface area contributed by atoms with Gasteiger partial charge in [-0.15, -0.1) is 0 Å². The van der Waals surface area contributed by atoms with E-state index in [0.717, 1.165) is 23.2 Å². The highest BCUT2D eigenvalue weighted by molar-refractivity contribution is 6.07. The molecule has 0 saturated heterocycles. The van der Waals surface area contributed by atoms with Crippen molar-refractivity contribution in [1.29, 1.82) is 0 Å². The van der Waals surface area contributed by atoms with Crippen molar-refractivity contribution in [2.45, 2.75) is 25.9 Å². The van der Waals surface area contributed by atoms with Crippen LogP contribution in [0.4, 0.5) is 16.2 Å². The Morgan fingerprint density at radius 2 is 1.79 bits per heavy atom. The van der Waals surface area contributed by atoms with Gasteiger partial charge in [0.1, 0.15) is 11.5 Å². The molecule has 3 aromatic carbocycles. The monoisotopic (exact) mass is 445 g/mol. The van der Waals surface area contributed by atoms with Crippen molar-refractivity contribution in [3.05, 3.63) is 83.4 Å². The minimum Gasteiger partial charge on any atom is -0.497 e. The highest BCUT2D eigenvalue weighted by Crippen LogP contribution is 2.34. The first kappa shape index (κ1) is 22.2. The molecule has 7 heteroatoms. The number of ether oxygens (including phenoxy) is 2. The number of hydrogen-bond acceptors (Lipinski definition) is 4. The van der Waals surface area contributed by atoms with Gasteiger partial charge in [0.05, 0.1) is 19.9 Å². The average molecular weight is 446 g/mol. The first-order valence-corrected chi connectivity index (χ1v) is 10.8. The molecule has 1 unspecified atom stereocenters. The summed E-state index contributed by atoms with van der Waals surface area (Å²) in [5.74, 6) is 1.13. The van der Waals surface area contributed by atoms with Crippen LogP contribution >= 0.6 is 0 Å². The van der Waals surface area contributed by atoms with Gasteiger partial charge in [-0.3, -0.25) is 4.79 Å². The number of nitrogens with zero attached hydrogens (tertiary/aromatic N) is 1. The molecular formula is C26H27N3O4. The molecule has 3 aromatic rings. The van der Waals surface area contributed by atoms with E-state index in [-0.39, 0.29) is 18.0 Å². The molecule has 170 valence electrons. The van der Waals surface area contributed by atoms with Gasteiger partial charge in [0.15, 0.2) is 0 Å². The molecule has 1 aliphatic heterocycles. The van der Waals surface area contributed by atoms with Crippen LogP contribution in [0.1, 0.15) is 28.4 Å². The van der Waals surface area contributed by atoms with Gasteiger partial charge in [0, 0.05) is 29.9 Å². The summed E-state index contributed by atoms with van der Waals surface area (Å²) in [6.07, 6.45) is 0.805. The first-order chi connectivity index (χ1) is 16.0. The molecule has 4 rings (SSSR count). The van der Waals surface area contributed by atoms with E-state index in [9.17, 15) is 9.59 Å². The molecule has 0 spiro atoms. The summed E-state index contributed by atoms with van der Waals surface area (Å²) >= 11 is 0. The molecule has 0 saturated carbocycles. The normalized spacial score (nSPS) is 14.4. The number of anilines is 2. The SMILES string of the molecule is COc1ccc(NC(=O)NCc2ccc3c(c2)N(C(=O)c2ccccc2)C(C)C3)c(OC)c1. The quantitative estimate of drug-likeness (QED) is 0.580. The minimum atomic E-state index is -0.357. The smallest absolute Gasteiger partial charge is 0.319 e. The second kappa shape index (κ2) is 9.65. The Morgan fingerprint density at radius 1 is 1.00 bits per heavy atom. The lowest BCUT2D eigenvalue weighted by Gasteiger charge is -2.23. The molecule has 2 N–H and O–H groups in total. The van der Waals surface area contributed by atoms with Gasteiger partial charge in [-0.2, -0.15) is 0 Å². The zero-order chi connectivity index (χ0) is 23.4. The lowest BCUT2D eigenvalue weighted by Crippen LogP contribution is -2.35. The van der Waals surface area contributed by atoms with Gasteiger partial charge < -0.3 is 25.0 Å². The van der Waals surface area contributed by atoms with Crippen LogP contribution < -0.4 is 25.0 Å². The first-order valence-electron chi connectivity index (χ1n) is 10.8. The number of nitrogens with one attached hydrogen (secondary N) is 2. The topological polar surface area (TPSA) is 79.9 Å². The van der Waals surface area contributed by atoms with Crippen LogP contribution in [0.2, 0.25) is 0 Å². The average Bonchev–Trinajstić information content (AvgIpc) is 3.17. The lowest BCUT2D eigenvalue weighted by molar-refractivity contribution is 0.0981. The van der Waals surface area contributed by atoms with E-state index in [1.165, 1.54) is 7.11 Å². The summed E-state index contributed by atoms with van der Waals surface area (Å²) in [6, 6.07) is 20.2. The largest absolute Gasteiger partial charge is 0.497 e. The van der Waals surface area contributed by atoms with Crippen LogP contribution in [0.25, 0.3) is 0 Å². The van der Waals surface area contributed by atoms with Crippen LogP contribution in [0.15, 0.2) is 66.7 Å². The molecule has 7 nitrogen and oxygen atoms in total. The van der Waals surface area contributed by atoms with Gasteiger partial charge in [0.2, 0.25) is 0 Å². The Balaban J connectivity index is 1.45. The van der Waals surface area contributed by atoms with E-state index in [0.29, 0.717) is 29.3 Å². The molecule has 0 aromatic heterocycles. The lowest BCUT2D eigenvalue weighted by atomic mass is 10.1. The summed E-state index contributed by atoms with van der Waals surface area (Å²) in [7, 11) is 3.10. The number of benzene rings is 3. The number of amides is 3.